The molecule has 5 rings (SSSR count). The summed E-state index contributed by atoms with van der Waals surface area (Å²) in [5.74, 6) is 0.824. The zero-order valence-corrected chi connectivity index (χ0v) is 17.0. The Hall–Kier alpha value is -3.27. The van der Waals surface area contributed by atoms with Crippen LogP contribution in [0.1, 0.15) is 35.1 Å². The molecule has 1 aliphatic carbocycles. The summed E-state index contributed by atoms with van der Waals surface area (Å²) in [5.41, 5.74) is 16.5. The fourth-order valence-corrected chi connectivity index (χ4v) is 4.51. The van der Waals surface area contributed by atoms with Crippen LogP contribution in [-0.2, 0) is 12.8 Å². The van der Waals surface area contributed by atoms with Crippen molar-refractivity contribution in [2.75, 3.05) is 10.6 Å². The number of nitrogens with zero attached hydrogens (tertiary/aromatic N) is 2. The van der Waals surface area contributed by atoms with Crippen LogP contribution in [0.25, 0.3) is 11.0 Å². The Bertz CT molecular complexity index is 1140. The van der Waals surface area contributed by atoms with Gasteiger partial charge in [0.15, 0.2) is 0 Å². The Morgan fingerprint density at radius 1 is 0.897 bits per heavy atom. The van der Waals surface area contributed by atoms with Crippen molar-refractivity contribution in [2.45, 2.75) is 39.5 Å². The van der Waals surface area contributed by atoms with Gasteiger partial charge >= 0.3 is 0 Å². The first-order valence-electron chi connectivity index (χ1n) is 10.3. The van der Waals surface area contributed by atoms with E-state index in [1.165, 1.54) is 35.1 Å². The second kappa shape index (κ2) is 6.96. The van der Waals surface area contributed by atoms with Gasteiger partial charge in [-0.1, -0.05) is 24.3 Å². The number of nitrogen functional groups attached to an aromatic ring is 1. The number of aromatic amines is 1. The average Bonchev–Trinajstić information content (AvgIpc) is 3.11. The molecule has 1 heterocycles. The minimum Gasteiger partial charge on any atom is -0.399 e. The molecule has 0 radical (unpaired) electrons. The number of hydrogen-bond acceptors (Lipinski definition) is 3. The van der Waals surface area contributed by atoms with Gasteiger partial charge in [-0.3, -0.25) is 4.90 Å². The van der Waals surface area contributed by atoms with Crippen molar-refractivity contribution in [3.05, 3.63) is 76.9 Å². The van der Waals surface area contributed by atoms with Crippen molar-refractivity contribution in [3.8, 4) is 0 Å². The number of imidazole rings is 1. The van der Waals surface area contributed by atoms with Gasteiger partial charge in [-0.05, 0) is 92.1 Å². The SMILES string of the molecule is Cc1cccc(C)c1N(c1cccc(N)c1)c1nc2cc3c(cc2[nH]1)CCCC3. The third-order valence-corrected chi connectivity index (χ3v) is 5.94. The number of benzene rings is 3. The fourth-order valence-electron chi connectivity index (χ4n) is 4.51. The molecule has 3 N–H and O–H groups in total. The van der Waals surface area contributed by atoms with E-state index in [0.717, 1.165) is 46.9 Å². The number of aromatic nitrogens is 2. The van der Waals surface area contributed by atoms with E-state index >= 15 is 0 Å². The molecule has 3 aromatic carbocycles. The molecule has 0 atom stereocenters. The summed E-state index contributed by atoms with van der Waals surface area (Å²) in [5, 5.41) is 0. The normalized spacial score (nSPS) is 13.4. The predicted octanol–water partition coefficient (Wildman–Crippen LogP) is 6.11. The van der Waals surface area contributed by atoms with Crippen LogP contribution in [0.2, 0.25) is 0 Å². The third-order valence-electron chi connectivity index (χ3n) is 5.94. The Balaban J connectivity index is 1.72. The maximum Gasteiger partial charge on any atom is 0.213 e. The second-order valence-electron chi connectivity index (χ2n) is 8.08. The lowest BCUT2D eigenvalue weighted by Gasteiger charge is -2.26. The van der Waals surface area contributed by atoms with E-state index in [2.05, 4.69) is 60.1 Å². The van der Waals surface area contributed by atoms with Gasteiger partial charge in [0.05, 0.1) is 22.4 Å². The van der Waals surface area contributed by atoms with E-state index < -0.39 is 0 Å². The molecule has 0 bridgehead atoms. The van der Waals surface area contributed by atoms with Gasteiger partial charge in [-0.2, -0.15) is 0 Å². The fraction of sp³-hybridized carbons (Fsp3) is 0.240. The minimum atomic E-state index is 0.741. The van der Waals surface area contributed by atoms with E-state index in [0.29, 0.717) is 0 Å². The third kappa shape index (κ3) is 3.15. The summed E-state index contributed by atoms with van der Waals surface area (Å²) in [4.78, 5) is 10.8. The molecule has 0 spiro atoms. The summed E-state index contributed by atoms with van der Waals surface area (Å²) >= 11 is 0. The number of hydrogen-bond donors (Lipinski definition) is 2. The van der Waals surface area contributed by atoms with Crippen molar-refractivity contribution in [1.82, 2.24) is 9.97 Å². The maximum absolute atomic E-state index is 6.13. The van der Waals surface area contributed by atoms with E-state index in [9.17, 15) is 0 Å². The molecule has 0 aliphatic heterocycles. The molecular weight excluding hydrogens is 356 g/mol. The molecule has 29 heavy (non-hydrogen) atoms. The highest BCUT2D eigenvalue weighted by Gasteiger charge is 2.21. The summed E-state index contributed by atoms with van der Waals surface area (Å²) in [6.45, 7) is 4.28. The van der Waals surface area contributed by atoms with Crippen LogP contribution in [0, 0.1) is 13.8 Å². The highest BCUT2D eigenvalue weighted by Crippen LogP contribution is 2.39. The first kappa shape index (κ1) is 17.8. The molecule has 0 fully saturated rings. The zero-order valence-electron chi connectivity index (χ0n) is 17.0. The van der Waals surface area contributed by atoms with Crippen LogP contribution in [0.3, 0.4) is 0 Å². The van der Waals surface area contributed by atoms with Crippen LogP contribution in [0.5, 0.6) is 0 Å². The molecule has 4 aromatic rings. The molecule has 0 saturated heterocycles. The molecule has 146 valence electrons. The predicted molar refractivity (Wildman–Crippen MR) is 121 cm³/mol. The summed E-state index contributed by atoms with van der Waals surface area (Å²) in [6.07, 6.45) is 4.86. The lowest BCUT2D eigenvalue weighted by atomic mass is 9.91. The van der Waals surface area contributed by atoms with Gasteiger partial charge < -0.3 is 10.7 Å². The van der Waals surface area contributed by atoms with Gasteiger partial charge in [-0.25, -0.2) is 4.98 Å². The molecular formula is C25H26N4. The molecule has 0 unspecified atom stereocenters. The lowest BCUT2D eigenvalue weighted by Crippen LogP contribution is -2.14. The highest BCUT2D eigenvalue weighted by molar-refractivity contribution is 5.85. The van der Waals surface area contributed by atoms with Crippen molar-refractivity contribution in [3.63, 3.8) is 0 Å². The van der Waals surface area contributed by atoms with E-state index in [-0.39, 0.29) is 0 Å². The Morgan fingerprint density at radius 2 is 1.59 bits per heavy atom. The molecule has 0 amide bonds. The zero-order chi connectivity index (χ0) is 20.0. The standard InChI is InChI=1S/C25H26N4/c1-16-7-5-8-17(2)24(16)29(21-12-6-11-20(26)15-21)25-27-22-13-18-9-3-4-10-19(18)14-23(22)28-25/h5-8,11-15H,3-4,9-10,26H2,1-2H3,(H,27,28). The van der Waals surface area contributed by atoms with E-state index in [1.54, 1.807) is 0 Å². The van der Waals surface area contributed by atoms with Crippen LogP contribution in [0.4, 0.5) is 23.0 Å². The average molecular weight is 383 g/mol. The number of aryl methyl sites for hydroxylation is 4. The van der Waals surface area contributed by atoms with Crippen LogP contribution in [-0.4, -0.2) is 9.97 Å². The Labute approximate surface area is 171 Å². The van der Waals surface area contributed by atoms with Crippen LogP contribution in [0.15, 0.2) is 54.6 Å². The number of H-pyrrole nitrogens is 1. The van der Waals surface area contributed by atoms with Gasteiger partial charge in [0.25, 0.3) is 0 Å². The molecule has 4 nitrogen and oxygen atoms in total. The number of nitrogens with one attached hydrogen (secondary N) is 1. The quantitative estimate of drug-likeness (QED) is 0.420. The van der Waals surface area contributed by atoms with Crippen molar-refractivity contribution < 1.29 is 0 Å². The minimum absolute atomic E-state index is 0.741. The second-order valence-corrected chi connectivity index (χ2v) is 8.08. The molecule has 1 aliphatic rings. The topological polar surface area (TPSA) is 57.9 Å². The largest absolute Gasteiger partial charge is 0.399 e. The molecule has 0 saturated carbocycles. The van der Waals surface area contributed by atoms with Gasteiger partial charge in [0.1, 0.15) is 0 Å². The van der Waals surface area contributed by atoms with Gasteiger partial charge in [0.2, 0.25) is 5.95 Å². The first-order chi connectivity index (χ1) is 14.1. The lowest BCUT2D eigenvalue weighted by molar-refractivity contribution is 0.687. The molecule has 4 heteroatoms. The van der Waals surface area contributed by atoms with Crippen molar-refractivity contribution >= 4 is 34.0 Å². The highest BCUT2D eigenvalue weighted by atomic mass is 15.3. The Morgan fingerprint density at radius 3 is 2.31 bits per heavy atom. The smallest absolute Gasteiger partial charge is 0.213 e. The van der Waals surface area contributed by atoms with E-state index in [1.807, 2.05) is 18.2 Å². The maximum atomic E-state index is 6.13. The number of anilines is 4. The summed E-state index contributed by atoms with van der Waals surface area (Å²) < 4.78 is 0. The summed E-state index contributed by atoms with van der Waals surface area (Å²) in [7, 11) is 0. The monoisotopic (exact) mass is 382 g/mol. The number of rotatable bonds is 3. The van der Waals surface area contributed by atoms with E-state index in [4.69, 9.17) is 10.7 Å². The van der Waals surface area contributed by atoms with Gasteiger partial charge in [0, 0.05) is 5.69 Å². The van der Waals surface area contributed by atoms with Crippen LogP contribution >= 0.6 is 0 Å². The van der Waals surface area contributed by atoms with Crippen molar-refractivity contribution in [1.29, 1.82) is 0 Å². The Kier molecular flexibility index (Phi) is 4.27. The van der Waals surface area contributed by atoms with Crippen molar-refractivity contribution in [2.24, 2.45) is 0 Å². The number of nitrogens with two attached hydrogens (primary N) is 1. The first-order valence-corrected chi connectivity index (χ1v) is 10.3. The van der Waals surface area contributed by atoms with Crippen LogP contribution < -0.4 is 10.6 Å². The number of para-hydroxylation sites is 1. The molecule has 1 aromatic heterocycles. The number of fused-ring (bicyclic) bond motifs is 2. The summed E-state index contributed by atoms with van der Waals surface area (Å²) in [6, 6.07) is 18.9. The van der Waals surface area contributed by atoms with Gasteiger partial charge in [-0.15, -0.1) is 0 Å².